The number of nitrogens with zero attached hydrogens (tertiary/aromatic N) is 1. The molecule has 0 aliphatic rings. The Morgan fingerprint density at radius 3 is 2.40 bits per heavy atom. The smallest absolute Gasteiger partial charge is 0.257 e. The van der Waals surface area contributed by atoms with Crippen LogP contribution < -0.4 is 5.32 Å². The van der Waals surface area contributed by atoms with Crippen molar-refractivity contribution in [3.63, 3.8) is 0 Å². The summed E-state index contributed by atoms with van der Waals surface area (Å²) in [6, 6.07) is 13.9. The van der Waals surface area contributed by atoms with Gasteiger partial charge in [-0.05, 0) is 18.2 Å². The van der Waals surface area contributed by atoms with Gasteiger partial charge in [-0.15, -0.1) is 0 Å². The second-order valence-corrected chi connectivity index (χ2v) is 6.92. The molecule has 2 aromatic carbocycles. The van der Waals surface area contributed by atoms with E-state index in [9.17, 15) is 4.79 Å². The molecule has 0 unspecified atom stereocenters. The van der Waals surface area contributed by atoms with Crippen LogP contribution in [0.1, 0.15) is 0 Å². The van der Waals surface area contributed by atoms with Crippen molar-refractivity contribution in [2.45, 2.75) is 4.84 Å². The number of para-hydroxylation sites is 1. The summed E-state index contributed by atoms with van der Waals surface area (Å²) in [5, 5.41) is 7.59. The summed E-state index contributed by atoms with van der Waals surface area (Å²) in [4.78, 5) is 10.6. The number of hydrogen-bond acceptors (Lipinski definition) is 3. The second kappa shape index (κ2) is 7.67. The summed E-state index contributed by atoms with van der Waals surface area (Å²) in [5.74, 6) is -0.118. The summed E-state index contributed by atoms with van der Waals surface area (Å²) in [6.07, 6.45) is 0. The van der Waals surface area contributed by atoms with Gasteiger partial charge in [-0.2, -0.15) is 0 Å². The zero-order valence-corrected chi connectivity index (χ0v) is 15.5. The Hall–Kier alpha value is -1.72. The fraction of sp³-hybridized carbons (Fsp3) is 0.0588. The van der Waals surface area contributed by atoms with Gasteiger partial charge in [0.1, 0.15) is 5.69 Å². The molecule has 0 bridgehead atoms. The van der Waals surface area contributed by atoms with E-state index in [1.807, 2.05) is 0 Å². The number of amides is 1. The van der Waals surface area contributed by atoms with Crippen molar-refractivity contribution >= 4 is 58.0 Å². The lowest BCUT2D eigenvalue weighted by Crippen LogP contribution is -2.18. The molecule has 1 aromatic heterocycles. The van der Waals surface area contributed by atoms with E-state index in [2.05, 4.69) is 10.5 Å². The highest BCUT2D eigenvalue weighted by Crippen LogP contribution is 2.37. The molecule has 0 radical (unpaired) electrons. The van der Waals surface area contributed by atoms with Crippen LogP contribution >= 0.6 is 46.4 Å². The molecule has 0 aliphatic heterocycles. The number of hydrogen-bond donors (Lipinski definition) is 1. The van der Waals surface area contributed by atoms with Gasteiger partial charge in [0.05, 0.1) is 21.3 Å². The normalized spacial score (nSPS) is 10.9. The maximum absolute atomic E-state index is 11.8. The number of halogens is 4. The first-order chi connectivity index (χ1) is 12.0. The Labute approximate surface area is 163 Å². The fourth-order valence-electron chi connectivity index (χ4n) is 2.26. The Balaban J connectivity index is 2.00. The molecule has 25 heavy (non-hydrogen) atoms. The number of rotatable bonds is 4. The fourth-order valence-corrected chi connectivity index (χ4v) is 2.95. The highest BCUT2D eigenvalue weighted by Gasteiger charge is 2.18. The molecule has 1 heterocycles. The minimum Gasteiger partial charge on any atom is -0.356 e. The number of aromatic nitrogens is 1. The average Bonchev–Trinajstić information content (AvgIpc) is 3.04. The molecule has 1 N–H and O–H groups in total. The summed E-state index contributed by atoms with van der Waals surface area (Å²) in [5.41, 5.74) is 2.20. The lowest BCUT2D eigenvalue weighted by molar-refractivity contribution is -0.114. The van der Waals surface area contributed by atoms with E-state index in [0.717, 1.165) is 0 Å². The van der Waals surface area contributed by atoms with E-state index in [4.69, 9.17) is 50.9 Å². The van der Waals surface area contributed by atoms with E-state index >= 15 is 0 Å². The zero-order chi connectivity index (χ0) is 18.0. The van der Waals surface area contributed by atoms with Crippen LogP contribution in [-0.4, -0.2) is 15.9 Å². The van der Waals surface area contributed by atoms with Crippen molar-refractivity contribution in [3.05, 3.63) is 58.6 Å². The van der Waals surface area contributed by atoms with Crippen LogP contribution in [0.2, 0.25) is 10.0 Å². The molecule has 3 aromatic rings. The van der Waals surface area contributed by atoms with Gasteiger partial charge in [0, 0.05) is 11.6 Å². The van der Waals surface area contributed by atoms with E-state index in [1.165, 1.54) is 0 Å². The topological polar surface area (TPSA) is 55.1 Å². The van der Waals surface area contributed by atoms with E-state index in [-0.39, 0.29) is 0 Å². The summed E-state index contributed by atoms with van der Waals surface area (Å²) >= 11 is 23.6. The molecule has 0 fully saturated rings. The molecular weight excluding hydrogens is 406 g/mol. The van der Waals surface area contributed by atoms with Crippen molar-refractivity contribution in [2.75, 3.05) is 5.32 Å². The van der Waals surface area contributed by atoms with Gasteiger partial charge in [-0.3, -0.25) is 4.79 Å². The van der Waals surface area contributed by atoms with Crippen LogP contribution in [0.15, 0.2) is 53.1 Å². The van der Waals surface area contributed by atoms with Crippen molar-refractivity contribution in [1.29, 1.82) is 0 Å². The SMILES string of the molecule is O=C(Nc1ccccc1-c1cc(-c2c(Cl)cccc2Cl)on1)C(Cl)Cl. The predicted molar refractivity (Wildman–Crippen MR) is 102 cm³/mol. The predicted octanol–water partition coefficient (Wildman–Crippen LogP) is 6.06. The highest BCUT2D eigenvalue weighted by molar-refractivity contribution is 6.54. The molecule has 3 rings (SSSR count). The average molecular weight is 416 g/mol. The van der Waals surface area contributed by atoms with Gasteiger partial charge in [0.2, 0.25) is 0 Å². The van der Waals surface area contributed by atoms with Crippen LogP contribution in [0, 0.1) is 0 Å². The molecule has 128 valence electrons. The zero-order valence-electron chi connectivity index (χ0n) is 12.5. The molecule has 8 heteroatoms. The maximum Gasteiger partial charge on any atom is 0.257 e. The summed E-state index contributed by atoms with van der Waals surface area (Å²) < 4.78 is 5.39. The van der Waals surface area contributed by atoms with Gasteiger partial charge >= 0.3 is 0 Å². The third-order valence-corrected chi connectivity index (χ3v) is 4.40. The first-order valence-corrected chi connectivity index (χ1v) is 8.70. The van der Waals surface area contributed by atoms with E-state index in [1.54, 1.807) is 48.5 Å². The Morgan fingerprint density at radius 2 is 1.72 bits per heavy atom. The van der Waals surface area contributed by atoms with Crippen LogP contribution in [0.5, 0.6) is 0 Å². The van der Waals surface area contributed by atoms with Gasteiger partial charge in [0.25, 0.3) is 5.91 Å². The molecule has 0 saturated carbocycles. The number of anilines is 1. The van der Waals surface area contributed by atoms with Gasteiger partial charge < -0.3 is 9.84 Å². The number of carbonyl (C=O) groups is 1. The minimum absolute atomic E-state index is 0.416. The van der Waals surface area contributed by atoms with Gasteiger partial charge in [-0.1, -0.05) is 75.8 Å². The monoisotopic (exact) mass is 414 g/mol. The second-order valence-electron chi connectivity index (χ2n) is 5.01. The summed E-state index contributed by atoms with van der Waals surface area (Å²) in [7, 11) is 0. The van der Waals surface area contributed by atoms with Crippen molar-refractivity contribution in [1.82, 2.24) is 5.16 Å². The molecule has 0 aliphatic carbocycles. The molecule has 0 saturated heterocycles. The third kappa shape index (κ3) is 3.93. The lowest BCUT2D eigenvalue weighted by atomic mass is 10.1. The Bertz CT molecular complexity index is 904. The maximum atomic E-state index is 11.8. The third-order valence-electron chi connectivity index (χ3n) is 3.38. The van der Waals surface area contributed by atoms with Crippen molar-refractivity contribution in [3.8, 4) is 22.6 Å². The van der Waals surface area contributed by atoms with Crippen molar-refractivity contribution in [2.24, 2.45) is 0 Å². The van der Waals surface area contributed by atoms with Crippen LogP contribution in [-0.2, 0) is 4.79 Å². The molecule has 0 atom stereocenters. The molecule has 1 amide bonds. The largest absolute Gasteiger partial charge is 0.356 e. The quantitative estimate of drug-likeness (QED) is 0.527. The number of carbonyl (C=O) groups excluding carboxylic acids is 1. The van der Waals surface area contributed by atoms with Crippen LogP contribution in [0.25, 0.3) is 22.6 Å². The van der Waals surface area contributed by atoms with Crippen molar-refractivity contribution < 1.29 is 9.32 Å². The molecule has 4 nitrogen and oxygen atoms in total. The first kappa shape index (κ1) is 18.1. The highest BCUT2D eigenvalue weighted by atomic mass is 35.5. The lowest BCUT2D eigenvalue weighted by Gasteiger charge is -2.09. The Morgan fingerprint density at radius 1 is 1.04 bits per heavy atom. The van der Waals surface area contributed by atoms with Gasteiger partial charge in [0.15, 0.2) is 10.6 Å². The number of alkyl halides is 2. The van der Waals surface area contributed by atoms with Gasteiger partial charge in [-0.25, -0.2) is 0 Å². The minimum atomic E-state index is -1.18. The number of nitrogens with one attached hydrogen (secondary N) is 1. The van der Waals surface area contributed by atoms with Crippen LogP contribution in [0.3, 0.4) is 0 Å². The van der Waals surface area contributed by atoms with E-state index < -0.39 is 10.7 Å². The van der Waals surface area contributed by atoms with E-state index in [0.29, 0.717) is 38.3 Å². The molecular formula is C17H10Cl4N2O2. The van der Waals surface area contributed by atoms with Crippen LogP contribution in [0.4, 0.5) is 5.69 Å². The first-order valence-electron chi connectivity index (χ1n) is 7.07. The molecule has 0 spiro atoms. The Kier molecular flexibility index (Phi) is 5.54. The summed E-state index contributed by atoms with van der Waals surface area (Å²) in [6.45, 7) is 0. The standard InChI is InChI=1S/C17H10Cl4N2O2/c18-10-5-3-6-11(19)15(10)14-8-13(23-25-14)9-4-1-2-7-12(9)22-17(24)16(20)21/h1-8,16H,(H,22,24). The number of benzene rings is 2.